The van der Waals surface area contributed by atoms with Gasteiger partial charge < -0.3 is 15.0 Å². The van der Waals surface area contributed by atoms with Crippen molar-refractivity contribution in [1.29, 1.82) is 0 Å². The molecule has 0 aromatic carbocycles. The first-order valence-electron chi connectivity index (χ1n) is 5.87. The van der Waals surface area contributed by atoms with Gasteiger partial charge in [0.1, 0.15) is 0 Å². The Morgan fingerprint density at radius 3 is 2.20 bits per heavy atom. The minimum Gasteiger partial charge on any atom is -0.385 e. The molecule has 0 radical (unpaired) electrons. The Bertz CT molecular complexity index is 141. The SMILES string of the molecule is COCCC(C)NCC(C(C)C)N(C)C. The van der Waals surface area contributed by atoms with E-state index < -0.39 is 0 Å². The van der Waals surface area contributed by atoms with E-state index in [1.165, 1.54) is 0 Å². The van der Waals surface area contributed by atoms with Crippen LogP contribution in [0.3, 0.4) is 0 Å². The van der Waals surface area contributed by atoms with Crippen LogP contribution >= 0.6 is 0 Å². The van der Waals surface area contributed by atoms with Gasteiger partial charge in [-0.15, -0.1) is 0 Å². The third-order valence-corrected chi connectivity index (χ3v) is 2.86. The maximum absolute atomic E-state index is 5.06. The lowest BCUT2D eigenvalue weighted by atomic mass is 10.0. The molecule has 92 valence electrons. The van der Waals surface area contributed by atoms with Crippen molar-refractivity contribution in [3.8, 4) is 0 Å². The van der Waals surface area contributed by atoms with Crippen molar-refractivity contribution in [2.45, 2.75) is 39.3 Å². The molecule has 0 aliphatic carbocycles. The fourth-order valence-electron chi connectivity index (χ4n) is 1.73. The van der Waals surface area contributed by atoms with E-state index in [1.807, 2.05) is 0 Å². The van der Waals surface area contributed by atoms with Gasteiger partial charge in [-0.25, -0.2) is 0 Å². The molecule has 0 fully saturated rings. The van der Waals surface area contributed by atoms with Gasteiger partial charge in [-0.1, -0.05) is 13.8 Å². The normalized spacial score (nSPS) is 16.0. The molecule has 0 aliphatic rings. The van der Waals surface area contributed by atoms with Crippen LogP contribution in [0.5, 0.6) is 0 Å². The van der Waals surface area contributed by atoms with Gasteiger partial charge in [0.15, 0.2) is 0 Å². The van der Waals surface area contributed by atoms with E-state index in [4.69, 9.17) is 4.74 Å². The molecule has 0 spiro atoms. The zero-order chi connectivity index (χ0) is 11.8. The molecule has 0 rings (SSSR count). The fraction of sp³-hybridized carbons (Fsp3) is 1.00. The Labute approximate surface area is 95.2 Å². The summed E-state index contributed by atoms with van der Waals surface area (Å²) in [6, 6.07) is 1.14. The first-order chi connectivity index (χ1) is 6.99. The number of methoxy groups -OCH3 is 1. The highest BCUT2D eigenvalue weighted by molar-refractivity contribution is 4.74. The van der Waals surface area contributed by atoms with Crippen LogP contribution in [0, 0.1) is 5.92 Å². The largest absolute Gasteiger partial charge is 0.385 e. The predicted octanol–water partition coefficient (Wildman–Crippen LogP) is 1.59. The molecule has 0 aromatic rings. The number of nitrogens with zero attached hydrogens (tertiary/aromatic N) is 1. The van der Waals surface area contributed by atoms with Gasteiger partial charge in [0.05, 0.1) is 0 Å². The average molecular weight is 216 g/mol. The van der Waals surface area contributed by atoms with Crippen LogP contribution in [0.2, 0.25) is 0 Å². The topological polar surface area (TPSA) is 24.5 Å². The average Bonchev–Trinajstić information content (AvgIpc) is 2.13. The van der Waals surface area contributed by atoms with Crippen LogP contribution in [0.4, 0.5) is 0 Å². The van der Waals surface area contributed by atoms with Crippen LogP contribution in [0.15, 0.2) is 0 Å². The van der Waals surface area contributed by atoms with E-state index in [0.717, 1.165) is 19.6 Å². The second-order valence-electron chi connectivity index (χ2n) is 4.87. The molecule has 2 unspecified atom stereocenters. The monoisotopic (exact) mass is 216 g/mol. The van der Waals surface area contributed by atoms with E-state index in [1.54, 1.807) is 7.11 Å². The third-order valence-electron chi connectivity index (χ3n) is 2.86. The predicted molar refractivity (Wildman–Crippen MR) is 66.3 cm³/mol. The number of likely N-dealkylation sites (N-methyl/N-ethyl adjacent to an activating group) is 1. The van der Waals surface area contributed by atoms with E-state index in [2.05, 4.69) is 45.1 Å². The molecule has 0 aliphatic heterocycles. The highest BCUT2D eigenvalue weighted by Crippen LogP contribution is 2.06. The van der Waals surface area contributed by atoms with Crippen molar-refractivity contribution in [3.05, 3.63) is 0 Å². The molecule has 0 saturated heterocycles. The summed E-state index contributed by atoms with van der Waals surface area (Å²) in [5.74, 6) is 0.683. The zero-order valence-electron chi connectivity index (χ0n) is 11.2. The maximum atomic E-state index is 5.06. The maximum Gasteiger partial charge on any atom is 0.0476 e. The standard InChI is InChI=1S/C12H28N2O/c1-10(2)12(14(4)5)9-13-11(3)7-8-15-6/h10-13H,7-9H2,1-6H3. The quantitative estimate of drug-likeness (QED) is 0.667. The van der Waals surface area contributed by atoms with Crippen LogP contribution in [0.25, 0.3) is 0 Å². The number of hydrogen-bond donors (Lipinski definition) is 1. The summed E-state index contributed by atoms with van der Waals surface area (Å²) in [4.78, 5) is 2.29. The molecular formula is C12H28N2O. The second-order valence-corrected chi connectivity index (χ2v) is 4.87. The van der Waals surface area contributed by atoms with Gasteiger partial charge >= 0.3 is 0 Å². The second kappa shape index (κ2) is 8.08. The van der Waals surface area contributed by atoms with Gasteiger partial charge in [-0.3, -0.25) is 0 Å². The van der Waals surface area contributed by atoms with Gasteiger partial charge in [-0.2, -0.15) is 0 Å². The molecule has 0 heterocycles. The Kier molecular flexibility index (Phi) is 8.02. The number of ether oxygens (including phenoxy) is 1. The highest BCUT2D eigenvalue weighted by Gasteiger charge is 2.15. The Hall–Kier alpha value is -0.120. The van der Waals surface area contributed by atoms with Crippen molar-refractivity contribution in [3.63, 3.8) is 0 Å². The van der Waals surface area contributed by atoms with E-state index in [-0.39, 0.29) is 0 Å². The van der Waals surface area contributed by atoms with Crippen molar-refractivity contribution >= 4 is 0 Å². The van der Waals surface area contributed by atoms with Crippen molar-refractivity contribution in [2.24, 2.45) is 5.92 Å². The summed E-state index contributed by atoms with van der Waals surface area (Å²) >= 11 is 0. The molecule has 2 atom stereocenters. The number of nitrogens with one attached hydrogen (secondary N) is 1. The van der Waals surface area contributed by atoms with Crippen LogP contribution in [-0.2, 0) is 4.74 Å². The van der Waals surface area contributed by atoms with Crippen molar-refractivity contribution < 1.29 is 4.74 Å². The van der Waals surface area contributed by atoms with E-state index >= 15 is 0 Å². The van der Waals surface area contributed by atoms with Gasteiger partial charge in [0, 0.05) is 32.3 Å². The van der Waals surface area contributed by atoms with E-state index in [0.29, 0.717) is 18.0 Å². The van der Waals surface area contributed by atoms with Gasteiger partial charge in [0.2, 0.25) is 0 Å². The Morgan fingerprint density at radius 2 is 1.80 bits per heavy atom. The molecule has 3 heteroatoms. The summed E-state index contributed by atoms with van der Waals surface area (Å²) < 4.78 is 5.06. The Balaban J connectivity index is 3.78. The molecular weight excluding hydrogens is 188 g/mol. The van der Waals surface area contributed by atoms with Crippen molar-refractivity contribution in [1.82, 2.24) is 10.2 Å². The smallest absolute Gasteiger partial charge is 0.0476 e. The lowest BCUT2D eigenvalue weighted by Gasteiger charge is -2.29. The van der Waals surface area contributed by atoms with Crippen molar-refractivity contribution in [2.75, 3.05) is 34.4 Å². The zero-order valence-corrected chi connectivity index (χ0v) is 11.2. The molecule has 0 saturated carbocycles. The number of rotatable bonds is 8. The third kappa shape index (κ3) is 6.88. The van der Waals surface area contributed by atoms with Crippen LogP contribution in [-0.4, -0.2) is 51.3 Å². The van der Waals surface area contributed by atoms with Crippen LogP contribution in [0.1, 0.15) is 27.2 Å². The molecule has 0 amide bonds. The summed E-state index contributed by atoms with van der Waals surface area (Å²) in [6.07, 6.45) is 1.08. The van der Waals surface area contributed by atoms with E-state index in [9.17, 15) is 0 Å². The first kappa shape index (κ1) is 14.9. The summed E-state index contributed by atoms with van der Waals surface area (Å²) in [6.45, 7) is 8.64. The fourth-order valence-corrected chi connectivity index (χ4v) is 1.73. The summed E-state index contributed by atoms with van der Waals surface area (Å²) in [7, 11) is 6.04. The lowest BCUT2D eigenvalue weighted by Crippen LogP contribution is -2.44. The summed E-state index contributed by atoms with van der Waals surface area (Å²) in [5, 5.41) is 3.56. The minimum absolute atomic E-state index is 0.533. The Morgan fingerprint density at radius 1 is 1.20 bits per heavy atom. The molecule has 0 bridgehead atoms. The number of hydrogen-bond acceptors (Lipinski definition) is 3. The van der Waals surface area contributed by atoms with Crippen LogP contribution < -0.4 is 5.32 Å². The van der Waals surface area contributed by atoms with Gasteiger partial charge in [-0.05, 0) is 33.4 Å². The molecule has 1 N–H and O–H groups in total. The molecule has 3 nitrogen and oxygen atoms in total. The molecule has 0 aromatic heterocycles. The lowest BCUT2D eigenvalue weighted by molar-refractivity contribution is 0.177. The molecule has 15 heavy (non-hydrogen) atoms. The first-order valence-corrected chi connectivity index (χ1v) is 5.87. The summed E-state index contributed by atoms with van der Waals surface area (Å²) in [5.41, 5.74) is 0. The highest BCUT2D eigenvalue weighted by atomic mass is 16.5. The minimum atomic E-state index is 0.533. The van der Waals surface area contributed by atoms with Gasteiger partial charge in [0.25, 0.3) is 0 Å².